The highest BCUT2D eigenvalue weighted by molar-refractivity contribution is 5.82. The van der Waals surface area contributed by atoms with Crippen LogP contribution in [0.1, 0.15) is 17.0 Å². The average molecular weight is 362 g/mol. The van der Waals surface area contributed by atoms with Crippen LogP contribution in [0.4, 0.5) is 13.2 Å². The van der Waals surface area contributed by atoms with Gasteiger partial charge in [0.1, 0.15) is 0 Å². The molecule has 1 N–H and O–H groups in total. The standard InChI is InChI=1S/C20H21F3N2O/c21-20(22,23)19(26)24-18-14-25(12-11-15-7-3-1-4-8-15)13-17(18)16-9-5-2-6-10-16/h1-10,17-18H,11-14H2,(H,24,26). The van der Waals surface area contributed by atoms with Gasteiger partial charge in [-0.25, -0.2) is 0 Å². The summed E-state index contributed by atoms with van der Waals surface area (Å²) in [5, 5.41) is 2.19. The molecule has 1 fully saturated rings. The van der Waals surface area contributed by atoms with Crippen molar-refractivity contribution in [2.45, 2.75) is 24.6 Å². The Morgan fingerprint density at radius 3 is 2.23 bits per heavy atom. The van der Waals surface area contributed by atoms with Crippen molar-refractivity contribution in [3.8, 4) is 0 Å². The summed E-state index contributed by atoms with van der Waals surface area (Å²) in [5.41, 5.74) is 2.13. The van der Waals surface area contributed by atoms with Crippen molar-refractivity contribution in [1.82, 2.24) is 10.2 Å². The van der Waals surface area contributed by atoms with Crippen molar-refractivity contribution < 1.29 is 18.0 Å². The predicted molar refractivity (Wildman–Crippen MR) is 93.8 cm³/mol. The fourth-order valence-corrected chi connectivity index (χ4v) is 3.43. The number of rotatable bonds is 5. The molecule has 0 saturated carbocycles. The maximum atomic E-state index is 12.7. The van der Waals surface area contributed by atoms with Crippen molar-refractivity contribution >= 4 is 5.91 Å². The van der Waals surface area contributed by atoms with Gasteiger partial charge in [-0.15, -0.1) is 0 Å². The molecular formula is C20H21F3N2O. The summed E-state index contributed by atoms with van der Waals surface area (Å²) >= 11 is 0. The second-order valence-corrected chi connectivity index (χ2v) is 6.59. The number of carbonyl (C=O) groups excluding carboxylic acids is 1. The monoisotopic (exact) mass is 362 g/mol. The van der Waals surface area contributed by atoms with E-state index in [0.717, 1.165) is 18.5 Å². The quantitative estimate of drug-likeness (QED) is 0.885. The van der Waals surface area contributed by atoms with E-state index in [1.54, 1.807) is 0 Å². The first-order valence-corrected chi connectivity index (χ1v) is 8.62. The second kappa shape index (κ2) is 7.91. The van der Waals surface area contributed by atoms with E-state index in [-0.39, 0.29) is 5.92 Å². The summed E-state index contributed by atoms with van der Waals surface area (Å²) in [6.07, 6.45) is -4.04. The number of benzene rings is 2. The normalized spacial score (nSPS) is 20.9. The molecule has 0 bridgehead atoms. The van der Waals surface area contributed by atoms with Gasteiger partial charge in [0.25, 0.3) is 0 Å². The Kier molecular flexibility index (Phi) is 5.61. The number of halogens is 3. The topological polar surface area (TPSA) is 32.3 Å². The molecule has 6 heteroatoms. The summed E-state index contributed by atoms with van der Waals surface area (Å²) in [4.78, 5) is 13.5. The van der Waals surface area contributed by atoms with Gasteiger partial charge in [-0.2, -0.15) is 13.2 Å². The van der Waals surface area contributed by atoms with Crippen LogP contribution in [0, 0.1) is 0 Å². The zero-order chi connectivity index (χ0) is 18.6. The molecule has 0 radical (unpaired) electrons. The molecule has 0 aromatic heterocycles. The van der Waals surface area contributed by atoms with Gasteiger partial charge in [0.15, 0.2) is 0 Å². The lowest BCUT2D eigenvalue weighted by atomic mass is 9.94. The van der Waals surface area contributed by atoms with Crippen LogP contribution in [-0.2, 0) is 11.2 Å². The minimum Gasteiger partial charge on any atom is -0.344 e. The summed E-state index contributed by atoms with van der Waals surface area (Å²) in [6.45, 7) is 1.78. The van der Waals surface area contributed by atoms with Gasteiger partial charge in [-0.3, -0.25) is 4.79 Å². The van der Waals surface area contributed by atoms with Crippen LogP contribution in [0.3, 0.4) is 0 Å². The predicted octanol–water partition coefficient (Wildman–Crippen LogP) is 3.38. The molecule has 1 aliphatic rings. The van der Waals surface area contributed by atoms with Crippen molar-refractivity contribution in [1.29, 1.82) is 0 Å². The first-order valence-electron chi connectivity index (χ1n) is 8.62. The molecule has 0 spiro atoms. The number of nitrogens with one attached hydrogen (secondary N) is 1. The van der Waals surface area contributed by atoms with Gasteiger partial charge in [-0.1, -0.05) is 60.7 Å². The highest BCUT2D eigenvalue weighted by atomic mass is 19.4. The SMILES string of the molecule is O=C(NC1CN(CCc2ccccc2)CC1c1ccccc1)C(F)(F)F. The van der Waals surface area contributed by atoms with Crippen LogP contribution in [0.5, 0.6) is 0 Å². The average Bonchev–Trinajstić information content (AvgIpc) is 3.03. The number of alkyl halides is 3. The zero-order valence-electron chi connectivity index (χ0n) is 14.2. The summed E-state index contributed by atoms with van der Waals surface area (Å²) in [7, 11) is 0. The van der Waals surface area contributed by atoms with Gasteiger partial charge in [-0.05, 0) is 17.5 Å². The molecule has 26 heavy (non-hydrogen) atoms. The number of hydrogen-bond donors (Lipinski definition) is 1. The third kappa shape index (κ3) is 4.64. The maximum absolute atomic E-state index is 12.7. The van der Waals surface area contributed by atoms with E-state index >= 15 is 0 Å². The molecule has 138 valence electrons. The lowest BCUT2D eigenvalue weighted by Crippen LogP contribution is -2.46. The summed E-state index contributed by atoms with van der Waals surface area (Å²) in [6, 6.07) is 18.8. The molecule has 1 amide bonds. The van der Waals surface area contributed by atoms with Crippen LogP contribution in [-0.4, -0.2) is 42.7 Å². The van der Waals surface area contributed by atoms with Gasteiger partial charge in [0.2, 0.25) is 0 Å². The lowest BCUT2D eigenvalue weighted by molar-refractivity contribution is -0.174. The van der Waals surface area contributed by atoms with Crippen LogP contribution in [0.15, 0.2) is 60.7 Å². The van der Waals surface area contributed by atoms with Gasteiger partial charge < -0.3 is 10.2 Å². The molecule has 2 aromatic rings. The number of hydrogen-bond acceptors (Lipinski definition) is 2. The first kappa shape index (κ1) is 18.5. The second-order valence-electron chi connectivity index (χ2n) is 6.59. The minimum absolute atomic E-state index is 0.154. The maximum Gasteiger partial charge on any atom is 0.471 e. The Hall–Kier alpha value is -2.34. The van der Waals surface area contributed by atoms with Gasteiger partial charge in [0, 0.05) is 31.6 Å². The van der Waals surface area contributed by atoms with E-state index in [1.807, 2.05) is 60.7 Å². The number of likely N-dealkylation sites (tertiary alicyclic amines) is 1. The largest absolute Gasteiger partial charge is 0.471 e. The lowest BCUT2D eigenvalue weighted by Gasteiger charge is -2.21. The Morgan fingerprint density at radius 1 is 1.00 bits per heavy atom. The molecule has 1 saturated heterocycles. The van der Waals surface area contributed by atoms with Gasteiger partial charge in [0.05, 0.1) is 0 Å². The molecular weight excluding hydrogens is 341 g/mol. The van der Waals surface area contributed by atoms with Crippen molar-refractivity contribution in [2.24, 2.45) is 0 Å². The number of nitrogens with zero attached hydrogens (tertiary/aromatic N) is 1. The van der Waals surface area contributed by atoms with Crippen molar-refractivity contribution in [3.63, 3.8) is 0 Å². The van der Waals surface area contributed by atoms with E-state index in [2.05, 4.69) is 10.2 Å². The Bertz CT molecular complexity index is 719. The van der Waals surface area contributed by atoms with E-state index in [0.29, 0.717) is 13.1 Å². The van der Waals surface area contributed by atoms with Crippen LogP contribution in [0.2, 0.25) is 0 Å². The van der Waals surface area contributed by atoms with Crippen molar-refractivity contribution in [3.05, 3.63) is 71.8 Å². The minimum atomic E-state index is -4.86. The Balaban J connectivity index is 1.69. The van der Waals surface area contributed by atoms with E-state index < -0.39 is 18.1 Å². The Morgan fingerprint density at radius 2 is 1.62 bits per heavy atom. The fraction of sp³-hybridized carbons (Fsp3) is 0.350. The molecule has 0 aliphatic carbocycles. The van der Waals surface area contributed by atoms with E-state index in [1.165, 1.54) is 5.56 Å². The van der Waals surface area contributed by atoms with E-state index in [9.17, 15) is 18.0 Å². The molecule has 2 aromatic carbocycles. The van der Waals surface area contributed by atoms with Crippen LogP contribution in [0.25, 0.3) is 0 Å². The molecule has 3 rings (SSSR count). The third-order valence-electron chi connectivity index (χ3n) is 4.76. The number of carbonyl (C=O) groups is 1. The molecule has 3 nitrogen and oxygen atoms in total. The Labute approximate surface area is 150 Å². The molecule has 1 heterocycles. The summed E-state index contributed by atoms with van der Waals surface area (Å²) < 4.78 is 38.0. The molecule has 2 atom stereocenters. The molecule has 2 unspecified atom stereocenters. The van der Waals surface area contributed by atoms with Crippen LogP contribution < -0.4 is 5.32 Å². The molecule has 1 aliphatic heterocycles. The first-order chi connectivity index (χ1) is 12.4. The number of amides is 1. The third-order valence-corrected chi connectivity index (χ3v) is 4.76. The zero-order valence-corrected chi connectivity index (χ0v) is 14.2. The highest BCUT2D eigenvalue weighted by Crippen LogP contribution is 2.29. The highest BCUT2D eigenvalue weighted by Gasteiger charge is 2.43. The smallest absolute Gasteiger partial charge is 0.344 e. The summed E-state index contributed by atoms with van der Waals surface area (Å²) in [5.74, 6) is -2.02. The van der Waals surface area contributed by atoms with Gasteiger partial charge >= 0.3 is 12.1 Å². The van der Waals surface area contributed by atoms with E-state index in [4.69, 9.17) is 0 Å². The van der Waals surface area contributed by atoms with Crippen LogP contribution >= 0.6 is 0 Å². The fourth-order valence-electron chi connectivity index (χ4n) is 3.43. The van der Waals surface area contributed by atoms with Crippen molar-refractivity contribution in [2.75, 3.05) is 19.6 Å².